The summed E-state index contributed by atoms with van der Waals surface area (Å²) < 4.78 is 12.4. The third-order valence-electron chi connectivity index (χ3n) is 5.67. The van der Waals surface area contributed by atoms with Crippen molar-refractivity contribution in [2.45, 2.75) is 31.0 Å². The molecule has 0 aliphatic carbocycles. The normalized spacial score (nSPS) is 15.7. The number of carbonyl (C=O) groups is 1. The first-order chi connectivity index (χ1) is 15.5. The number of ether oxygens (including phenoxy) is 2. The number of aryl methyl sites for hydroxylation is 1. The molecule has 4 rings (SSSR count). The van der Waals surface area contributed by atoms with Crippen molar-refractivity contribution in [3.63, 3.8) is 0 Å². The first-order valence-electron chi connectivity index (χ1n) is 10.4. The van der Waals surface area contributed by atoms with Gasteiger partial charge >= 0.3 is 0 Å². The Morgan fingerprint density at radius 1 is 1.16 bits per heavy atom. The lowest BCUT2D eigenvalue weighted by Gasteiger charge is -2.26. The number of rotatable bonds is 7. The Kier molecular flexibility index (Phi) is 6.55. The Balaban J connectivity index is 1.47. The van der Waals surface area contributed by atoms with Gasteiger partial charge in [-0.15, -0.1) is 10.2 Å². The summed E-state index contributed by atoms with van der Waals surface area (Å²) in [5.74, 6) is 8.55. The van der Waals surface area contributed by atoms with E-state index >= 15 is 0 Å². The Bertz CT molecular complexity index is 1100. The van der Waals surface area contributed by atoms with Gasteiger partial charge in [-0.2, -0.15) is 0 Å². The average Bonchev–Trinajstić information content (AvgIpc) is 3.44. The molecular weight excluding hydrogens is 426 g/mol. The molecule has 2 aromatic carbocycles. The van der Waals surface area contributed by atoms with E-state index in [-0.39, 0.29) is 17.7 Å². The molecule has 0 radical (unpaired) electrons. The van der Waals surface area contributed by atoms with Crippen LogP contribution >= 0.6 is 11.8 Å². The number of carbonyl (C=O) groups excluding carboxylic acids is 1. The highest BCUT2D eigenvalue weighted by Crippen LogP contribution is 2.39. The van der Waals surface area contributed by atoms with Crippen LogP contribution in [0.1, 0.15) is 30.0 Å². The van der Waals surface area contributed by atoms with E-state index in [1.54, 1.807) is 14.2 Å². The quantitative estimate of drug-likeness (QED) is 0.432. The van der Waals surface area contributed by atoms with Crippen LogP contribution < -0.4 is 15.3 Å². The van der Waals surface area contributed by atoms with E-state index in [4.69, 9.17) is 15.3 Å². The summed E-state index contributed by atoms with van der Waals surface area (Å²) in [6.45, 7) is 2.73. The second-order valence-electron chi connectivity index (χ2n) is 7.68. The molecule has 0 saturated carbocycles. The minimum atomic E-state index is -0.0491. The lowest BCUT2D eigenvalue weighted by molar-refractivity contribution is -0.129. The van der Waals surface area contributed by atoms with Gasteiger partial charge in [0.1, 0.15) is 11.5 Å². The van der Waals surface area contributed by atoms with Crippen LogP contribution in [0.3, 0.4) is 0 Å². The van der Waals surface area contributed by atoms with Gasteiger partial charge in [0, 0.05) is 17.7 Å². The van der Waals surface area contributed by atoms with E-state index in [1.165, 1.54) is 16.4 Å². The molecule has 0 spiro atoms. The lowest BCUT2D eigenvalue weighted by Crippen LogP contribution is -2.32. The summed E-state index contributed by atoms with van der Waals surface area (Å²) in [6.07, 6.45) is 1.82. The summed E-state index contributed by atoms with van der Waals surface area (Å²) >= 11 is 1.29. The van der Waals surface area contributed by atoms with Crippen molar-refractivity contribution >= 4 is 17.7 Å². The Hall–Kier alpha value is -3.20. The maximum atomic E-state index is 13.1. The number of nitrogens with two attached hydrogens (primary N) is 1. The van der Waals surface area contributed by atoms with Crippen molar-refractivity contribution < 1.29 is 14.3 Å². The zero-order chi connectivity index (χ0) is 22.7. The minimum Gasteiger partial charge on any atom is -0.497 e. The molecule has 2 N–H and O–H groups in total. The highest BCUT2D eigenvalue weighted by atomic mass is 32.2. The standard InChI is InChI=1S/C23H27N5O3S/c1-15-6-8-16(9-7-15)22-25-26-23(28(22)24)32-14-21(29)27-12-4-5-19(27)18-13-17(30-2)10-11-20(18)31-3/h6-11,13,19H,4-5,12,14,24H2,1-3H3. The summed E-state index contributed by atoms with van der Waals surface area (Å²) in [6, 6.07) is 13.6. The number of likely N-dealkylation sites (tertiary alicyclic amines) is 1. The predicted molar refractivity (Wildman–Crippen MR) is 124 cm³/mol. The molecule has 1 aromatic heterocycles. The second kappa shape index (κ2) is 9.52. The van der Waals surface area contributed by atoms with Crippen molar-refractivity contribution in [2.24, 2.45) is 0 Å². The summed E-state index contributed by atoms with van der Waals surface area (Å²) in [5, 5.41) is 8.89. The molecule has 1 atom stereocenters. The molecule has 0 bridgehead atoms. The number of methoxy groups -OCH3 is 2. The molecule has 3 aromatic rings. The van der Waals surface area contributed by atoms with Crippen molar-refractivity contribution in [3.8, 4) is 22.9 Å². The fourth-order valence-electron chi connectivity index (χ4n) is 3.97. The molecule has 1 saturated heterocycles. The van der Waals surface area contributed by atoms with E-state index in [2.05, 4.69) is 10.2 Å². The molecule has 1 fully saturated rings. The first kappa shape index (κ1) is 22.0. The lowest BCUT2D eigenvalue weighted by atomic mass is 10.0. The number of hydrogen-bond donors (Lipinski definition) is 1. The van der Waals surface area contributed by atoms with Crippen molar-refractivity contribution in [2.75, 3.05) is 32.4 Å². The first-order valence-corrected chi connectivity index (χ1v) is 11.4. The van der Waals surface area contributed by atoms with Crippen molar-refractivity contribution in [1.29, 1.82) is 0 Å². The molecule has 8 nitrogen and oxygen atoms in total. The van der Waals surface area contributed by atoms with Gasteiger partial charge in [-0.05, 0) is 38.0 Å². The number of benzene rings is 2. The zero-order valence-electron chi connectivity index (χ0n) is 18.4. The zero-order valence-corrected chi connectivity index (χ0v) is 19.3. The van der Waals surface area contributed by atoms with Crippen LogP contribution in [0.5, 0.6) is 11.5 Å². The minimum absolute atomic E-state index is 0.0299. The largest absolute Gasteiger partial charge is 0.497 e. The topological polar surface area (TPSA) is 95.5 Å². The van der Waals surface area contributed by atoms with Gasteiger partial charge in [-0.1, -0.05) is 41.6 Å². The highest BCUT2D eigenvalue weighted by Gasteiger charge is 2.32. The number of thioether (sulfide) groups is 1. The van der Waals surface area contributed by atoms with Crippen LogP contribution in [0, 0.1) is 6.92 Å². The molecule has 1 unspecified atom stereocenters. The molecule has 2 heterocycles. The predicted octanol–water partition coefficient (Wildman–Crippen LogP) is 3.44. The van der Waals surface area contributed by atoms with E-state index in [0.29, 0.717) is 17.5 Å². The molecule has 1 aliphatic heterocycles. The summed E-state index contributed by atoms with van der Waals surface area (Å²) in [4.78, 5) is 15.0. The maximum absolute atomic E-state index is 13.1. The highest BCUT2D eigenvalue weighted by molar-refractivity contribution is 7.99. The van der Waals surface area contributed by atoms with Gasteiger partial charge in [0.15, 0.2) is 5.82 Å². The van der Waals surface area contributed by atoms with Crippen LogP contribution in [-0.2, 0) is 4.79 Å². The number of aromatic nitrogens is 3. The number of nitrogens with zero attached hydrogens (tertiary/aromatic N) is 4. The molecule has 168 valence electrons. The maximum Gasteiger partial charge on any atom is 0.233 e. The van der Waals surface area contributed by atoms with Gasteiger partial charge < -0.3 is 20.2 Å². The van der Waals surface area contributed by atoms with Crippen molar-refractivity contribution in [3.05, 3.63) is 53.6 Å². The van der Waals surface area contributed by atoms with E-state index in [1.807, 2.05) is 54.3 Å². The Morgan fingerprint density at radius 3 is 2.66 bits per heavy atom. The smallest absolute Gasteiger partial charge is 0.233 e. The van der Waals surface area contributed by atoms with Crippen molar-refractivity contribution in [1.82, 2.24) is 19.8 Å². The summed E-state index contributed by atoms with van der Waals surface area (Å²) in [5.41, 5.74) is 3.00. The Labute approximate surface area is 191 Å². The molecule has 1 amide bonds. The van der Waals surface area contributed by atoms with Gasteiger partial charge in [0.2, 0.25) is 11.1 Å². The van der Waals surface area contributed by atoms with Gasteiger partial charge in [0.25, 0.3) is 0 Å². The van der Waals surface area contributed by atoms with Crippen LogP contribution in [0.4, 0.5) is 0 Å². The number of nitrogen functional groups attached to an aromatic ring is 1. The third-order valence-corrected chi connectivity index (χ3v) is 6.60. The third kappa shape index (κ3) is 4.38. The molecule has 32 heavy (non-hydrogen) atoms. The van der Waals surface area contributed by atoms with Gasteiger partial charge in [-0.3, -0.25) is 4.79 Å². The van der Waals surface area contributed by atoms with E-state index in [0.717, 1.165) is 41.0 Å². The SMILES string of the molecule is COc1ccc(OC)c(C2CCCN2C(=O)CSc2nnc(-c3ccc(C)cc3)n2N)c1. The number of hydrogen-bond acceptors (Lipinski definition) is 7. The van der Waals surface area contributed by atoms with Crippen LogP contribution in [-0.4, -0.2) is 52.2 Å². The van der Waals surface area contributed by atoms with E-state index in [9.17, 15) is 4.79 Å². The average molecular weight is 454 g/mol. The van der Waals surface area contributed by atoms with Crippen LogP contribution in [0.15, 0.2) is 47.6 Å². The molecule has 9 heteroatoms. The summed E-state index contributed by atoms with van der Waals surface area (Å²) in [7, 11) is 3.27. The number of amides is 1. The van der Waals surface area contributed by atoms with Gasteiger partial charge in [0.05, 0.1) is 26.0 Å². The molecular formula is C23H27N5O3S. The monoisotopic (exact) mass is 453 g/mol. The van der Waals surface area contributed by atoms with Crippen LogP contribution in [0.2, 0.25) is 0 Å². The fraction of sp³-hybridized carbons (Fsp3) is 0.348. The fourth-order valence-corrected chi connectivity index (χ4v) is 4.72. The second-order valence-corrected chi connectivity index (χ2v) is 8.63. The van der Waals surface area contributed by atoms with Crippen LogP contribution in [0.25, 0.3) is 11.4 Å². The Morgan fingerprint density at radius 2 is 1.94 bits per heavy atom. The van der Waals surface area contributed by atoms with Gasteiger partial charge in [-0.25, -0.2) is 4.68 Å². The van der Waals surface area contributed by atoms with E-state index < -0.39 is 0 Å². The molecule has 1 aliphatic rings.